The average molecular weight is 348 g/mol. The molecule has 0 spiro atoms. The molecule has 0 aliphatic carbocycles. The van der Waals surface area contributed by atoms with Gasteiger partial charge in [-0.05, 0) is 47.1 Å². The Morgan fingerprint density at radius 2 is 2.05 bits per heavy atom. The third-order valence-corrected chi connectivity index (χ3v) is 3.79. The highest BCUT2D eigenvalue weighted by Gasteiger charge is 2.13. The summed E-state index contributed by atoms with van der Waals surface area (Å²) in [5, 5.41) is 11.4. The monoisotopic (exact) mass is 347 g/mol. The summed E-state index contributed by atoms with van der Waals surface area (Å²) in [4.78, 5) is 0. The maximum absolute atomic E-state index is 5.67. The van der Waals surface area contributed by atoms with Crippen molar-refractivity contribution in [2.75, 3.05) is 0 Å². The number of hydrogen-bond donors (Lipinski definition) is 1. The molecule has 0 aliphatic heterocycles. The van der Waals surface area contributed by atoms with Crippen molar-refractivity contribution in [2.45, 2.75) is 19.5 Å². The number of rotatable bonds is 5. The van der Waals surface area contributed by atoms with Crippen molar-refractivity contribution in [3.05, 3.63) is 58.8 Å². The van der Waals surface area contributed by atoms with E-state index in [1.807, 2.05) is 43.3 Å². The molecule has 0 fully saturated rings. The second kappa shape index (κ2) is 6.24. The molecule has 0 unspecified atom stereocenters. The Labute approximate surface area is 130 Å². The minimum absolute atomic E-state index is 0.0822. The predicted octanol–water partition coefficient (Wildman–Crippen LogP) is 3.94. The Balaban J connectivity index is 1.67. The third-order valence-electron chi connectivity index (χ3n) is 3.10. The normalized spacial score (nSPS) is 12.5. The lowest BCUT2D eigenvalue weighted by atomic mass is 10.2. The summed E-state index contributed by atoms with van der Waals surface area (Å²) < 4.78 is 11.9. The topological polar surface area (TPSA) is 64.1 Å². The third kappa shape index (κ3) is 3.22. The first-order valence-electron chi connectivity index (χ1n) is 6.58. The minimum Gasteiger partial charge on any atom is -0.468 e. The molecule has 0 aliphatic rings. The molecule has 1 aromatic carbocycles. The number of aromatic nitrogens is 2. The molecule has 1 atom stereocenters. The number of hydrogen-bond acceptors (Lipinski definition) is 5. The van der Waals surface area contributed by atoms with Crippen LogP contribution in [0.4, 0.5) is 0 Å². The zero-order chi connectivity index (χ0) is 14.7. The zero-order valence-electron chi connectivity index (χ0n) is 11.4. The summed E-state index contributed by atoms with van der Waals surface area (Å²) in [6.45, 7) is 2.50. The van der Waals surface area contributed by atoms with Gasteiger partial charge >= 0.3 is 0 Å². The Bertz CT molecular complexity index is 709. The van der Waals surface area contributed by atoms with E-state index in [4.69, 9.17) is 8.83 Å². The molecule has 0 saturated heterocycles. The number of halogens is 1. The van der Waals surface area contributed by atoms with Gasteiger partial charge in [-0.3, -0.25) is 5.32 Å². The van der Waals surface area contributed by atoms with Gasteiger partial charge in [-0.25, -0.2) is 0 Å². The summed E-state index contributed by atoms with van der Waals surface area (Å²) >= 11 is 3.47. The van der Waals surface area contributed by atoms with E-state index in [0.717, 1.165) is 15.8 Å². The Morgan fingerprint density at radius 1 is 1.19 bits per heavy atom. The standard InChI is InChI=1S/C15H14BrN3O2/c1-10(13-7-4-8-20-13)17-9-14-18-19-15(21-14)11-5-2-3-6-12(11)16/h2-8,10,17H,9H2,1H3/t10-/m0/s1. The van der Waals surface area contributed by atoms with Gasteiger partial charge in [0.05, 0.1) is 24.4 Å². The first kappa shape index (κ1) is 14.0. The SMILES string of the molecule is C[C@H](NCc1nnc(-c2ccccc2Br)o1)c1ccco1. The molecular formula is C15H14BrN3O2. The van der Waals surface area contributed by atoms with Crippen LogP contribution in [0.5, 0.6) is 0 Å². The molecule has 5 nitrogen and oxygen atoms in total. The number of nitrogens with zero attached hydrogens (tertiary/aromatic N) is 2. The highest BCUT2D eigenvalue weighted by Crippen LogP contribution is 2.26. The summed E-state index contributed by atoms with van der Waals surface area (Å²) in [5.74, 6) is 1.92. The van der Waals surface area contributed by atoms with E-state index >= 15 is 0 Å². The zero-order valence-corrected chi connectivity index (χ0v) is 13.0. The van der Waals surface area contributed by atoms with Crippen molar-refractivity contribution < 1.29 is 8.83 Å². The van der Waals surface area contributed by atoms with Crippen LogP contribution in [-0.4, -0.2) is 10.2 Å². The average Bonchev–Trinajstić information content (AvgIpc) is 3.17. The molecule has 0 amide bonds. The number of nitrogens with one attached hydrogen (secondary N) is 1. The van der Waals surface area contributed by atoms with Crippen molar-refractivity contribution in [3.63, 3.8) is 0 Å². The lowest BCUT2D eigenvalue weighted by Gasteiger charge is -2.08. The summed E-state index contributed by atoms with van der Waals surface area (Å²) in [7, 11) is 0. The summed E-state index contributed by atoms with van der Waals surface area (Å²) in [6.07, 6.45) is 1.66. The lowest BCUT2D eigenvalue weighted by molar-refractivity contribution is 0.403. The van der Waals surface area contributed by atoms with Gasteiger partial charge in [0.1, 0.15) is 5.76 Å². The van der Waals surface area contributed by atoms with Gasteiger partial charge in [0, 0.05) is 4.47 Å². The predicted molar refractivity (Wildman–Crippen MR) is 81.4 cm³/mol. The maximum atomic E-state index is 5.67. The lowest BCUT2D eigenvalue weighted by Crippen LogP contribution is -2.17. The molecule has 0 bridgehead atoms. The van der Waals surface area contributed by atoms with Crippen LogP contribution in [0.2, 0.25) is 0 Å². The molecule has 108 valence electrons. The fourth-order valence-corrected chi connectivity index (χ4v) is 2.40. The van der Waals surface area contributed by atoms with Gasteiger partial charge in [-0.15, -0.1) is 10.2 Å². The molecule has 3 rings (SSSR count). The molecule has 0 radical (unpaired) electrons. The summed E-state index contributed by atoms with van der Waals surface area (Å²) in [5.41, 5.74) is 0.885. The van der Waals surface area contributed by atoms with Crippen LogP contribution < -0.4 is 5.32 Å². The first-order chi connectivity index (χ1) is 10.2. The smallest absolute Gasteiger partial charge is 0.248 e. The molecule has 0 saturated carbocycles. The molecule has 6 heteroatoms. The van der Waals surface area contributed by atoms with E-state index in [2.05, 4.69) is 31.4 Å². The van der Waals surface area contributed by atoms with Crippen molar-refractivity contribution in [1.29, 1.82) is 0 Å². The number of benzene rings is 1. The molecule has 1 N–H and O–H groups in total. The van der Waals surface area contributed by atoms with Gasteiger partial charge in [-0.2, -0.15) is 0 Å². The van der Waals surface area contributed by atoms with Crippen LogP contribution >= 0.6 is 15.9 Å². The van der Waals surface area contributed by atoms with Crippen LogP contribution in [0.1, 0.15) is 24.6 Å². The fraction of sp³-hybridized carbons (Fsp3) is 0.200. The highest BCUT2D eigenvalue weighted by atomic mass is 79.9. The van der Waals surface area contributed by atoms with Crippen LogP contribution in [0.15, 0.2) is 56.0 Å². The minimum atomic E-state index is 0.0822. The second-order valence-electron chi connectivity index (χ2n) is 4.60. The maximum Gasteiger partial charge on any atom is 0.248 e. The van der Waals surface area contributed by atoms with Crippen molar-refractivity contribution in [1.82, 2.24) is 15.5 Å². The number of furan rings is 1. The molecule has 3 aromatic rings. The fourth-order valence-electron chi connectivity index (χ4n) is 1.95. The van der Waals surface area contributed by atoms with Crippen LogP contribution in [0.25, 0.3) is 11.5 Å². The van der Waals surface area contributed by atoms with Gasteiger partial charge in [0.2, 0.25) is 11.8 Å². The molecule has 21 heavy (non-hydrogen) atoms. The van der Waals surface area contributed by atoms with E-state index in [-0.39, 0.29) is 6.04 Å². The van der Waals surface area contributed by atoms with Crippen molar-refractivity contribution in [2.24, 2.45) is 0 Å². The van der Waals surface area contributed by atoms with Gasteiger partial charge in [0.15, 0.2) is 0 Å². The molecule has 2 heterocycles. The van der Waals surface area contributed by atoms with Gasteiger partial charge in [0.25, 0.3) is 0 Å². The van der Waals surface area contributed by atoms with E-state index in [9.17, 15) is 0 Å². The second-order valence-corrected chi connectivity index (χ2v) is 5.45. The first-order valence-corrected chi connectivity index (χ1v) is 7.37. The Hall–Kier alpha value is -1.92. The van der Waals surface area contributed by atoms with E-state index in [1.54, 1.807) is 6.26 Å². The molecular weight excluding hydrogens is 334 g/mol. The van der Waals surface area contributed by atoms with E-state index in [1.165, 1.54) is 0 Å². The van der Waals surface area contributed by atoms with Crippen LogP contribution in [-0.2, 0) is 6.54 Å². The van der Waals surface area contributed by atoms with Crippen molar-refractivity contribution >= 4 is 15.9 Å². The van der Waals surface area contributed by atoms with E-state index < -0.39 is 0 Å². The summed E-state index contributed by atoms with van der Waals surface area (Å²) in [6, 6.07) is 11.6. The largest absolute Gasteiger partial charge is 0.468 e. The van der Waals surface area contributed by atoms with Crippen LogP contribution in [0.3, 0.4) is 0 Å². The van der Waals surface area contributed by atoms with Gasteiger partial charge < -0.3 is 8.83 Å². The Morgan fingerprint density at radius 3 is 2.81 bits per heavy atom. The van der Waals surface area contributed by atoms with E-state index in [0.29, 0.717) is 18.3 Å². The quantitative estimate of drug-likeness (QED) is 0.757. The van der Waals surface area contributed by atoms with Gasteiger partial charge in [-0.1, -0.05) is 12.1 Å². The van der Waals surface area contributed by atoms with Crippen molar-refractivity contribution in [3.8, 4) is 11.5 Å². The van der Waals surface area contributed by atoms with Crippen LogP contribution in [0, 0.1) is 0 Å². The molecule has 2 aromatic heterocycles. The highest BCUT2D eigenvalue weighted by molar-refractivity contribution is 9.10. The Kier molecular flexibility index (Phi) is 4.17.